The van der Waals surface area contributed by atoms with Gasteiger partial charge in [0.1, 0.15) is 5.02 Å². The van der Waals surface area contributed by atoms with Gasteiger partial charge >= 0.3 is 0 Å². The van der Waals surface area contributed by atoms with Crippen LogP contribution in [0.25, 0.3) is 0 Å². The molecule has 0 aliphatic carbocycles. The number of nitrogens with one attached hydrogen (secondary N) is 2. The zero-order chi connectivity index (χ0) is 10.7. The molecule has 1 atom stereocenters. The standard InChI is InChI=1S/C10H14ClN3O/c11-9-5-8(13-14-10(9)15)4-7-2-1-3-12-6-7/h5,7,12H,1-4,6H2,(H,14,15). The number of aromatic amines is 1. The van der Waals surface area contributed by atoms with E-state index < -0.39 is 0 Å². The van der Waals surface area contributed by atoms with E-state index in [0.29, 0.717) is 5.92 Å². The van der Waals surface area contributed by atoms with Gasteiger partial charge in [0.05, 0.1) is 5.69 Å². The first-order valence-electron chi connectivity index (χ1n) is 5.20. The first kappa shape index (κ1) is 10.6. The van der Waals surface area contributed by atoms with Gasteiger partial charge in [0, 0.05) is 0 Å². The number of rotatable bonds is 2. The normalized spacial score (nSPS) is 21.5. The van der Waals surface area contributed by atoms with Gasteiger partial charge in [-0.25, -0.2) is 5.10 Å². The van der Waals surface area contributed by atoms with Gasteiger partial charge in [-0.2, -0.15) is 5.10 Å². The van der Waals surface area contributed by atoms with Gasteiger partial charge in [-0.05, 0) is 44.3 Å². The molecule has 15 heavy (non-hydrogen) atoms. The van der Waals surface area contributed by atoms with Crippen LogP contribution in [-0.2, 0) is 6.42 Å². The van der Waals surface area contributed by atoms with Crippen molar-refractivity contribution in [3.63, 3.8) is 0 Å². The van der Waals surface area contributed by atoms with Crippen LogP contribution in [0.3, 0.4) is 0 Å². The third-order valence-electron chi connectivity index (χ3n) is 2.71. The summed E-state index contributed by atoms with van der Waals surface area (Å²) in [4.78, 5) is 11.0. The molecule has 0 radical (unpaired) electrons. The molecule has 0 aromatic carbocycles. The van der Waals surface area contributed by atoms with Crippen LogP contribution in [0.15, 0.2) is 10.9 Å². The van der Waals surface area contributed by atoms with Crippen molar-refractivity contribution in [1.82, 2.24) is 15.5 Å². The fourth-order valence-corrected chi connectivity index (χ4v) is 2.09. The molecule has 1 aromatic rings. The van der Waals surface area contributed by atoms with Crippen LogP contribution >= 0.6 is 11.6 Å². The zero-order valence-electron chi connectivity index (χ0n) is 8.42. The van der Waals surface area contributed by atoms with Crippen LogP contribution in [0.4, 0.5) is 0 Å². The molecule has 1 aromatic heterocycles. The molecule has 2 rings (SSSR count). The molecule has 0 amide bonds. The maximum Gasteiger partial charge on any atom is 0.282 e. The van der Waals surface area contributed by atoms with E-state index in [1.807, 2.05) is 0 Å². The van der Waals surface area contributed by atoms with Crippen molar-refractivity contribution < 1.29 is 0 Å². The number of hydrogen-bond acceptors (Lipinski definition) is 3. The van der Waals surface area contributed by atoms with Crippen molar-refractivity contribution >= 4 is 11.6 Å². The van der Waals surface area contributed by atoms with Gasteiger partial charge < -0.3 is 5.32 Å². The topological polar surface area (TPSA) is 57.8 Å². The Hall–Kier alpha value is -0.870. The van der Waals surface area contributed by atoms with E-state index in [2.05, 4.69) is 15.5 Å². The summed E-state index contributed by atoms with van der Waals surface area (Å²) in [6.07, 6.45) is 3.30. The molecule has 82 valence electrons. The highest BCUT2D eigenvalue weighted by Crippen LogP contribution is 2.15. The quantitative estimate of drug-likeness (QED) is 0.792. The Morgan fingerprint density at radius 1 is 1.60 bits per heavy atom. The predicted octanol–water partition coefficient (Wildman–Crippen LogP) is 0.965. The van der Waals surface area contributed by atoms with Crippen LogP contribution in [0, 0.1) is 5.92 Å². The lowest BCUT2D eigenvalue weighted by molar-refractivity contribution is 0.372. The van der Waals surface area contributed by atoms with Crippen molar-refractivity contribution in [1.29, 1.82) is 0 Å². The smallest absolute Gasteiger partial charge is 0.282 e. The average Bonchev–Trinajstić information content (AvgIpc) is 2.25. The largest absolute Gasteiger partial charge is 0.316 e. The first-order chi connectivity index (χ1) is 7.25. The summed E-state index contributed by atoms with van der Waals surface area (Å²) < 4.78 is 0. The lowest BCUT2D eigenvalue weighted by Crippen LogP contribution is -2.31. The monoisotopic (exact) mass is 227 g/mol. The van der Waals surface area contributed by atoms with Crippen LogP contribution in [-0.4, -0.2) is 23.3 Å². The molecule has 1 aliphatic rings. The number of piperidine rings is 1. The summed E-state index contributed by atoms with van der Waals surface area (Å²) in [6, 6.07) is 1.66. The molecule has 2 heterocycles. The summed E-state index contributed by atoms with van der Waals surface area (Å²) in [5.41, 5.74) is 0.551. The molecule has 1 unspecified atom stereocenters. The second-order valence-electron chi connectivity index (χ2n) is 3.95. The molecule has 5 heteroatoms. The maximum atomic E-state index is 11.0. The summed E-state index contributed by atoms with van der Waals surface area (Å²) in [7, 11) is 0. The molecule has 1 saturated heterocycles. The third kappa shape index (κ3) is 2.79. The Morgan fingerprint density at radius 2 is 2.47 bits per heavy atom. The number of nitrogens with zero attached hydrogens (tertiary/aromatic N) is 1. The van der Waals surface area contributed by atoms with Crippen molar-refractivity contribution in [3.8, 4) is 0 Å². The van der Waals surface area contributed by atoms with Gasteiger partial charge in [0.2, 0.25) is 0 Å². The second kappa shape index (κ2) is 4.77. The van der Waals surface area contributed by atoms with E-state index in [1.54, 1.807) is 6.07 Å². The van der Waals surface area contributed by atoms with Crippen molar-refractivity contribution in [2.24, 2.45) is 5.92 Å². The van der Waals surface area contributed by atoms with E-state index in [9.17, 15) is 4.79 Å². The van der Waals surface area contributed by atoms with Crippen LogP contribution in [0.1, 0.15) is 18.5 Å². The zero-order valence-corrected chi connectivity index (χ0v) is 9.18. The fourth-order valence-electron chi connectivity index (χ4n) is 1.92. The highest BCUT2D eigenvalue weighted by molar-refractivity contribution is 6.30. The number of aromatic nitrogens is 2. The fraction of sp³-hybridized carbons (Fsp3) is 0.600. The lowest BCUT2D eigenvalue weighted by Gasteiger charge is -2.22. The molecule has 4 nitrogen and oxygen atoms in total. The SMILES string of the molecule is O=c1[nH]nc(CC2CCCNC2)cc1Cl. The van der Waals surface area contributed by atoms with Crippen LogP contribution in [0.2, 0.25) is 5.02 Å². The number of H-pyrrole nitrogens is 1. The molecule has 1 aliphatic heterocycles. The van der Waals surface area contributed by atoms with E-state index >= 15 is 0 Å². The minimum atomic E-state index is -0.317. The van der Waals surface area contributed by atoms with E-state index in [-0.39, 0.29) is 10.6 Å². The molecule has 0 saturated carbocycles. The van der Waals surface area contributed by atoms with Gasteiger partial charge in [0.15, 0.2) is 0 Å². The molecule has 0 bridgehead atoms. The Balaban J connectivity index is 2.03. The maximum absolute atomic E-state index is 11.0. The summed E-state index contributed by atoms with van der Waals surface area (Å²) in [6.45, 7) is 2.13. The minimum Gasteiger partial charge on any atom is -0.316 e. The van der Waals surface area contributed by atoms with E-state index in [1.165, 1.54) is 12.8 Å². The van der Waals surface area contributed by atoms with Crippen molar-refractivity contribution in [3.05, 3.63) is 27.1 Å². The van der Waals surface area contributed by atoms with E-state index in [0.717, 1.165) is 25.2 Å². The van der Waals surface area contributed by atoms with E-state index in [4.69, 9.17) is 11.6 Å². The summed E-state index contributed by atoms with van der Waals surface area (Å²) >= 11 is 5.73. The van der Waals surface area contributed by atoms with Crippen molar-refractivity contribution in [2.45, 2.75) is 19.3 Å². The molecular formula is C10H14ClN3O. The minimum absolute atomic E-state index is 0.226. The highest BCUT2D eigenvalue weighted by Gasteiger charge is 2.14. The average molecular weight is 228 g/mol. The van der Waals surface area contributed by atoms with Gasteiger partial charge in [0.25, 0.3) is 5.56 Å². The number of halogens is 1. The summed E-state index contributed by atoms with van der Waals surface area (Å²) in [5, 5.41) is 9.96. The first-order valence-corrected chi connectivity index (χ1v) is 5.58. The Labute approximate surface area is 93.0 Å². The molecular weight excluding hydrogens is 214 g/mol. The third-order valence-corrected chi connectivity index (χ3v) is 2.99. The van der Waals surface area contributed by atoms with Crippen molar-refractivity contribution in [2.75, 3.05) is 13.1 Å². The number of hydrogen-bond donors (Lipinski definition) is 2. The summed E-state index contributed by atoms with van der Waals surface area (Å²) in [5.74, 6) is 0.605. The second-order valence-corrected chi connectivity index (χ2v) is 4.36. The highest BCUT2D eigenvalue weighted by atomic mass is 35.5. The lowest BCUT2D eigenvalue weighted by atomic mass is 9.95. The molecule has 0 spiro atoms. The van der Waals surface area contributed by atoms with Gasteiger partial charge in [-0.1, -0.05) is 11.6 Å². The van der Waals surface area contributed by atoms with Crippen LogP contribution in [0.5, 0.6) is 0 Å². The van der Waals surface area contributed by atoms with Crippen LogP contribution < -0.4 is 10.9 Å². The Kier molecular flexibility index (Phi) is 3.38. The van der Waals surface area contributed by atoms with Gasteiger partial charge in [-0.15, -0.1) is 0 Å². The molecule has 2 N–H and O–H groups in total. The molecule has 1 fully saturated rings. The Morgan fingerprint density at radius 3 is 3.13 bits per heavy atom. The Bertz CT molecular complexity index is 384. The van der Waals surface area contributed by atoms with Gasteiger partial charge in [-0.3, -0.25) is 4.79 Å². The predicted molar refractivity (Wildman–Crippen MR) is 59.2 cm³/mol.